The maximum Gasteiger partial charge on any atom is 0.216 e. The van der Waals surface area contributed by atoms with Crippen molar-refractivity contribution in [3.05, 3.63) is 36.3 Å². The lowest BCUT2D eigenvalue weighted by Gasteiger charge is -2.07. The predicted octanol–water partition coefficient (Wildman–Crippen LogP) is 1.39. The summed E-state index contributed by atoms with van der Waals surface area (Å²) >= 11 is 0. The molecule has 5 heteroatoms. The first-order valence-electron chi connectivity index (χ1n) is 5.85. The van der Waals surface area contributed by atoms with Gasteiger partial charge in [-0.3, -0.25) is 9.78 Å². The third kappa shape index (κ3) is 2.94. The van der Waals surface area contributed by atoms with Gasteiger partial charge in [0.25, 0.3) is 0 Å². The van der Waals surface area contributed by atoms with Gasteiger partial charge in [-0.25, -0.2) is 4.98 Å². The lowest BCUT2D eigenvalue weighted by Crippen LogP contribution is -2.24. The van der Waals surface area contributed by atoms with Crippen molar-refractivity contribution in [1.82, 2.24) is 19.9 Å². The highest BCUT2D eigenvalue weighted by atomic mass is 16.1. The molecule has 1 N–H and O–H groups in total. The van der Waals surface area contributed by atoms with Gasteiger partial charge in [-0.1, -0.05) is 6.07 Å². The lowest BCUT2D eigenvalue weighted by atomic mass is 10.2. The van der Waals surface area contributed by atoms with Crippen LogP contribution < -0.4 is 5.32 Å². The average molecular weight is 244 g/mol. The number of carbonyl (C=O) groups excluding carboxylic acids is 1. The SMILES string of the molecule is CC(=O)NCCn1ccnc1-c1ccc(C)cn1. The van der Waals surface area contributed by atoms with E-state index in [1.165, 1.54) is 6.92 Å². The summed E-state index contributed by atoms with van der Waals surface area (Å²) < 4.78 is 1.98. The van der Waals surface area contributed by atoms with Crippen LogP contribution in [0.4, 0.5) is 0 Å². The molecule has 2 aromatic heterocycles. The fraction of sp³-hybridized carbons (Fsp3) is 0.308. The number of amides is 1. The maximum atomic E-state index is 10.8. The van der Waals surface area contributed by atoms with Crippen molar-refractivity contribution in [2.75, 3.05) is 6.54 Å². The van der Waals surface area contributed by atoms with Gasteiger partial charge >= 0.3 is 0 Å². The fourth-order valence-electron chi connectivity index (χ4n) is 1.68. The summed E-state index contributed by atoms with van der Waals surface area (Å²) in [6, 6.07) is 3.96. The minimum Gasteiger partial charge on any atom is -0.355 e. The van der Waals surface area contributed by atoms with E-state index in [-0.39, 0.29) is 5.91 Å². The number of nitrogens with zero attached hydrogens (tertiary/aromatic N) is 3. The second kappa shape index (κ2) is 5.44. The van der Waals surface area contributed by atoms with E-state index < -0.39 is 0 Å². The second-order valence-electron chi connectivity index (χ2n) is 4.15. The van der Waals surface area contributed by atoms with Gasteiger partial charge in [-0.2, -0.15) is 0 Å². The molecular weight excluding hydrogens is 228 g/mol. The van der Waals surface area contributed by atoms with Crippen LogP contribution >= 0.6 is 0 Å². The highest BCUT2D eigenvalue weighted by Gasteiger charge is 2.06. The van der Waals surface area contributed by atoms with Crippen LogP contribution in [0.15, 0.2) is 30.7 Å². The van der Waals surface area contributed by atoms with Gasteiger partial charge in [0.1, 0.15) is 5.69 Å². The first-order valence-corrected chi connectivity index (χ1v) is 5.85. The summed E-state index contributed by atoms with van der Waals surface area (Å²) in [5.41, 5.74) is 1.96. The molecule has 0 aliphatic rings. The highest BCUT2D eigenvalue weighted by Crippen LogP contribution is 2.14. The molecule has 0 fully saturated rings. The van der Waals surface area contributed by atoms with E-state index in [4.69, 9.17) is 0 Å². The van der Waals surface area contributed by atoms with Crippen LogP contribution in [0, 0.1) is 6.92 Å². The van der Waals surface area contributed by atoms with E-state index in [9.17, 15) is 4.79 Å². The Balaban J connectivity index is 2.12. The Morgan fingerprint density at radius 3 is 2.89 bits per heavy atom. The average Bonchev–Trinajstić information content (AvgIpc) is 2.78. The highest BCUT2D eigenvalue weighted by molar-refractivity contribution is 5.72. The number of nitrogens with one attached hydrogen (secondary N) is 1. The lowest BCUT2D eigenvalue weighted by molar-refractivity contribution is -0.118. The number of aromatic nitrogens is 3. The van der Waals surface area contributed by atoms with E-state index in [2.05, 4.69) is 15.3 Å². The van der Waals surface area contributed by atoms with Gasteiger partial charge in [-0.05, 0) is 18.6 Å². The van der Waals surface area contributed by atoms with Crippen LogP contribution in [0.1, 0.15) is 12.5 Å². The van der Waals surface area contributed by atoms with Gasteiger partial charge in [0.2, 0.25) is 5.91 Å². The van der Waals surface area contributed by atoms with Crippen LogP contribution in [0.2, 0.25) is 0 Å². The third-order valence-electron chi connectivity index (χ3n) is 2.58. The zero-order valence-corrected chi connectivity index (χ0v) is 10.6. The first-order chi connectivity index (χ1) is 8.66. The van der Waals surface area contributed by atoms with Crippen molar-refractivity contribution in [3.63, 3.8) is 0 Å². The Hall–Kier alpha value is -2.17. The quantitative estimate of drug-likeness (QED) is 0.884. The van der Waals surface area contributed by atoms with Crippen molar-refractivity contribution in [2.45, 2.75) is 20.4 Å². The number of rotatable bonds is 4. The number of aryl methyl sites for hydroxylation is 1. The van der Waals surface area contributed by atoms with E-state index >= 15 is 0 Å². The summed E-state index contributed by atoms with van der Waals surface area (Å²) in [7, 11) is 0. The summed E-state index contributed by atoms with van der Waals surface area (Å²) in [6.45, 7) is 4.78. The molecule has 94 valence electrons. The molecule has 0 saturated heterocycles. The fourth-order valence-corrected chi connectivity index (χ4v) is 1.68. The molecule has 2 aromatic rings. The number of imidazole rings is 1. The smallest absolute Gasteiger partial charge is 0.216 e. The van der Waals surface area contributed by atoms with Gasteiger partial charge in [0.05, 0.1) is 0 Å². The Labute approximate surface area is 106 Å². The molecule has 2 heterocycles. The molecule has 0 aliphatic heterocycles. The summed E-state index contributed by atoms with van der Waals surface area (Å²) in [4.78, 5) is 19.5. The standard InChI is InChI=1S/C13H16N4O/c1-10-3-4-12(16-9-10)13-15-6-8-17(13)7-5-14-11(2)18/h3-4,6,8-9H,5,7H2,1-2H3,(H,14,18). The molecule has 18 heavy (non-hydrogen) atoms. The molecule has 0 bridgehead atoms. The number of carbonyl (C=O) groups is 1. The first kappa shape index (κ1) is 12.3. The van der Waals surface area contributed by atoms with Crippen molar-refractivity contribution in [2.24, 2.45) is 0 Å². The Bertz CT molecular complexity index is 530. The van der Waals surface area contributed by atoms with Gasteiger partial charge < -0.3 is 9.88 Å². The molecule has 5 nitrogen and oxygen atoms in total. The van der Waals surface area contributed by atoms with Crippen LogP contribution in [-0.2, 0) is 11.3 Å². The number of hydrogen-bond donors (Lipinski definition) is 1. The van der Waals surface area contributed by atoms with Crippen molar-refractivity contribution in [3.8, 4) is 11.5 Å². The van der Waals surface area contributed by atoms with Crippen LogP contribution in [0.5, 0.6) is 0 Å². The Morgan fingerprint density at radius 1 is 1.39 bits per heavy atom. The molecule has 0 spiro atoms. The third-order valence-corrected chi connectivity index (χ3v) is 2.58. The van der Waals surface area contributed by atoms with Crippen LogP contribution in [0.25, 0.3) is 11.5 Å². The van der Waals surface area contributed by atoms with E-state index in [1.54, 1.807) is 6.20 Å². The zero-order chi connectivity index (χ0) is 13.0. The predicted molar refractivity (Wildman–Crippen MR) is 68.9 cm³/mol. The van der Waals surface area contributed by atoms with Gasteiger partial charge in [-0.15, -0.1) is 0 Å². The van der Waals surface area contributed by atoms with Crippen LogP contribution in [0.3, 0.4) is 0 Å². The zero-order valence-electron chi connectivity index (χ0n) is 10.6. The maximum absolute atomic E-state index is 10.8. The molecular formula is C13H16N4O. The second-order valence-corrected chi connectivity index (χ2v) is 4.15. The normalized spacial score (nSPS) is 10.3. The minimum absolute atomic E-state index is 0.0230. The van der Waals surface area contributed by atoms with E-state index in [0.29, 0.717) is 13.1 Å². The Morgan fingerprint density at radius 2 is 2.22 bits per heavy atom. The van der Waals surface area contributed by atoms with Crippen molar-refractivity contribution >= 4 is 5.91 Å². The van der Waals surface area contributed by atoms with E-state index in [1.807, 2.05) is 36.0 Å². The summed E-state index contributed by atoms with van der Waals surface area (Å²) in [5.74, 6) is 0.797. The topological polar surface area (TPSA) is 59.8 Å². The summed E-state index contributed by atoms with van der Waals surface area (Å²) in [6.07, 6.45) is 5.45. The molecule has 1 amide bonds. The Kier molecular flexibility index (Phi) is 3.72. The molecule has 0 radical (unpaired) electrons. The minimum atomic E-state index is -0.0230. The van der Waals surface area contributed by atoms with Gasteiger partial charge in [0.15, 0.2) is 5.82 Å². The summed E-state index contributed by atoms with van der Waals surface area (Å²) in [5, 5.41) is 2.76. The van der Waals surface area contributed by atoms with Gasteiger partial charge in [0, 0.05) is 38.6 Å². The molecule has 0 atom stereocenters. The molecule has 0 aliphatic carbocycles. The number of pyridine rings is 1. The monoisotopic (exact) mass is 244 g/mol. The van der Waals surface area contributed by atoms with Crippen molar-refractivity contribution < 1.29 is 4.79 Å². The molecule has 0 saturated carbocycles. The van der Waals surface area contributed by atoms with E-state index in [0.717, 1.165) is 17.1 Å². The van der Waals surface area contributed by atoms with Crippen LogP contribution in [-0.4, -0.2) is 27.0 Å². The molecule has 0 aromatic carbocycles. The molecule has 0 unspecified atom stereocenters. The number of hydrogen-bond acceptors (Lipinski definition) is 3. The largest absolute Gasteiger partial charge is 0.355 e. The van der Waals surface area contributed by atoms with Crippen molar-refractivity contribution in [1.29, 1.82) is 0 Å². The molecule has 2 rings (SSSR count).